The van der Waals surface area contributed by atoms with Gasteiger partial charge in [-0.15, -0.1) is 0 Å². The van der Waals surface area contributed by atoms with Gasteiger partial charge in [0.15, 0.2) is 0 Å². The molecule has 0 aliphatic rings. The Labute approximate surface area is 131 Å². The van der Waals surface area contributed by atoms with Crippen molar-refractivity contribution in [3.05, 3.63) is 64.7 Å². The summed E-state index contributed by atoms with van der Waals surface area (Å²) in [5.74, 6) is 0.797. The summed E-state index contributed by atoms with van der Waals surface area (Å²) in [4.78, 5) is 23.3. The van der Waals surface area contributed by atoms with E-state index in [0.29, 0.717) is 0 Å². The number of aryl methyl sites for hydroxylation is 1. The number of pyridine rings is 1. The molecule has 23 heavy (non-hydrogen) atoms. The summed E-state index contributed by atoms with van der Waals surface area (Å²) in [7, 11) is 0. The molecule has 4 aromatic rings. The number of rotatable bonds is 2. The Morgan fingerprint density at radius 3 is 2.61 bits per heavy atom. The van der Waals surface area contributed by atoms with Crippen LogP contribution in [0, 0.1) is 6.92 Å². The van der Waals surface area contributed by atoms with Gasteiger partial charge in [0.2, 0.25) is 0 Å². The number of hydrogen-bond acceptors (Lipinski definition) is 4. The Hall–Kier alpha value is -3.28. The second-order valence-electron chi connectivity index (χ2n) is 5.32. The molecule has 0 saturated carbocycles. The van der Waals surface area contributed by atoms with Crippen LogP contribution in [0.15, 0.2) is 53.6 Å². The third kappa shape index (κ3) is 2.40. The van der Waals surface area contributed by atoms with Crippen LogP contribution in [-0.4, -0.2) is 25.1 Å². The first kappa shape index (κ1) is 13.4. The van der Waals surface area contributed by atoms with Crippen LogP contribution in [0.25, 0.3) is 33.7 Å². The Kier molecular flexibility index (Phi) is 3.01. The molecular weight excluding hydrogens is 290 g/mol. The Bertz CT molecular complexity index is 1050. The first-order valence-corrected chi connectivity index (χ1v) is 7.17. The van der Waals surface area contributed by atoms with Crippen LogP contribution in [0.1, 0.15) is 5.56 Å². The maximum absolute atomic E-state index is 11.3. The highest BCUT2D eigenvalue weighted by molar-refractivity contribution is 5.84. The molecule has 0 unspecified atom stereocenters. The predicted molar refractivity (Wildman–Crippen MR) is 87.9 cm³/mol. The van der Waals surface area contributed by atoms with Gasteiger partial charge >= 0.3 is 0 Å². The van der Waals surface area contributed by atoms with Crippen molar-refractivity contribution in [1.29, 1.82) is 0 Å². The minimum atomic E-state index is -0.202. The van der Waals surface area contributed by atoms with E-state index in [-0.39, 0.29) is 5.56 Å². The highest BCUT2D eigenvalue weighted by Gasteiger charge is 2.09. The van der Waals surface area contributed by atoms with E-state index >= 15 is 0 Å². The number of aromatic nitrogens is 5. The quantitative estimate of drug-likeness (QED) is 0.596. The molecule has 3 aromatic heterocycles. The monoisotopic (exact) mass is 303 g/mol. The number of benzene rings is 1. The molecule has 0 bridgehead atoms. The lowest BCUT2D eigenvalue weighted by molar-refractivity contribution is 0.981. The first-order chi connectivity index (χ1) is 11.2. The average molecular weight is 303 g/mol. The van der Waals surface area contributed by atoms with E-state index < -0.39 is 0 Å². The number of imidazole rings is 1. The van der Waals surface area contributed by atoms with Crippen LogP contribution in [0.4, 0.5) is 0 Å². The van der Waals surface area contributed by atoms with Gasteiger partial charge in [-0.05, 0) is 36.8 Å². The fourth-order valence-corrected chi connectivity index (χ4v) is 2.59. The van der Waals surface area contributed by atoms with Crippen LogP contribution < -0.4 is 5.56 Å². The van der Waals surface area contributed by atoms with Crippen LogP contribution in [-0.2, 0) is 0 Å². The maximum Gasteiger partial charge on any atom is 0.264 e. The second kappa shape index (κ2) is 5.17. The number of nitrogens with one attached hydrogen (secondary N) is 2. The van der Waals surface area contributed by atoms with Gasteiger partial charge in [0, 0.05) is 29.6 Å². The summed E-state index contributed by atoms with van der Waals surface area (Å²) in [5, 5.41) is 6.61. The van der Waals surface area contributed by atoms with Gasteiger partial charge < -0.3 is 4.98 Å². The molecule has 1 aromatic carbocycles. The molecule has 6 heteroatoms. The molecule has 0 aliphatic heterocycles. The molecular formula is C17H13N5O. The summed E-state index contributed by atoms with van der Waals surface area (Å²) in [5.41, 5.74) is 5.07. The molecule has 2 N–H and O–H groups in total. The normalized spacial score (nSPS) is 11.0. The third-order valence-corrected chi connectivity index (χ3v) is 3.71. The second-order valence-corrected chi connectivity index (χ2v) is 5.32. The summed E-state index contributed by atoms with van der Waals surface area (Å²) >= 11 is 0. The lowest BCUT2D eigenvalue weighted by atomic mass is 10.1. The van der Waals surface area contributed by atoms with Crippen molar-refractivity contribution >= 4 is 11.0 Å². The molecule has 112 valence electrons. The van der Waals surface area contributed by atoms with E-state index in [1.165, 1.54) is 0 Å². The lowest BCUT2D eigenvalue weighted by Crippen LogP contribution is -2.08. The molecule has 0 radical (unpaired) electrons. The molecule has 0 atom stereocenters. The molecule has 0 amide bonds. The molecule has 0 saturated heterocycles. The van der Waals surface area contributed by atoms with Crippen molar-refractivity contribution in [2.75, 3.05) is 0 Å². The SMILES string of the molecule is Cc1cc(=O)[nH]nc1-c1ccc2[nH]c(-c3ccncc3)nc2c1. The van der Waals surface area contributed by atoms with E-state index in [0.717, 1.165) is 39.2 Å². The van der Waals surface area contributed by atoms with Crippen molar-refractivity contribution in [2.45, 2.75) is 6.92 Å². The minimum absolute atomic E-state index is 0.202. The van der Waals surface area contributed by atoms with E-state index in [2.05, 4.69) is 25.1 Å². The van der Waals surface area contributed by atoms with Gasteiger partial charge in [0.1, 0.15) is 5.82 Å². The van der Waals surface area contributed by atoms with Crippen LogP contribution in [0.2, 0.25) is 0 Å². The summed E-state index contributed by atoms with van der Waals surface area (Å²) in [6, 6.07) is 11.3. The largest absolute Gasteiger partial charge is 0.338 e. The van der Waals surface area contributed by atoms with Crippen LogP contribution in [0.3, 0.4) is 0 Å². The van der Waals surface area contributed by atoms with Crippen molar-refractivity contribution in [3.63, 3.8) is 0 Å². The zero-order chi connectivity index (χ0) is 15.8. The Morgan fingerprint density at radius 2 is 1.83 bits per heavy atom. The maximum atomic E-state index is 11.3. The van der Waals surface area contributed by atoms with Gasteiger partial charge in [-0.25, -0.2) is 10.1 Å². The minimum Gasteiger partial charge on any atom is -0.338 e. The Morgan fingerprint density at radius 1 is 1.00 bits per heavy atom. The van der Waals surface area contributed by atoms with E-state index in [1.807, 2.05) is 37.3 Å². The van der Waals surface area contributed by atoms with Crippen molar-refractivity contribution in [1.82, 2.24) is 25.1 Å². The smallest absolute Gasteiger partial charge is 0.264 e. The van der Waals surface area contributed by atoms with Crippen molar-refractivity contribution in [2.24, 2.45) is 0 Å². The predicted octanol–water partition coefficient (Wildman–Crippen LogP) is 2.68. The molecule has 0 fully saturated rings. The van der Waals surface area contributed by atoms with Gasteiger partial charge in [0.25, 0.3) is 5.56 Å². The topological polar surface area (TPSA) is 87.3 Å². The molecule has 6 nitrogen and oxygen atoms in total. The number of nitrogens with zero attached hydrogens (tertiary/aromatic N) is 3. The van der Waals surface area contributed by atoms with Gasteiger partial charge in [-0.1, -0.05) is 6.07 Å². The first-order valence-electron chi connectivity index (χ1n) is 7.17. The van der Waals surface area contributed by atoms with Crippen LogP contribution >= 0.6 is 0 Å². The molecule has 3 heterocycles. The van der Waals surface area contributed by atoms with E-state index in [9.17, 15) is 4.79 Å². The van der Waals surface area contributed by atoms with Gasteiger partial charge in [-0.2, -0.15) is 5.10 Å². The molecule has 0 spiro atoms. The summed E-state index contributed by atoms with van der Waals surface area (Å²) in [6.45, 7) is 1.87. The van der Waals surface area contributed by atoms with Crippen molar-refractivity contribution < 1.29 is 0 Å². The summed E-state index contributed by atoms with van der Waals surface area (Å²) in [6.07, 6.45) is 3.48. The summed E-state index contributed by atoms with van der Waals surface area (Å²) < 4.78 is 0. The zero-order valence-electron chi connectivity index (χ0n) is 12.4. The Balaban J connectivity index is 1.83. The highest BCUT2D eigenvalue weighted by Crippen LogP contribution is 2.25. The molecule has 4 rings (SSSR count). The number of H-pyrrole nitrogens is 2. The third-order valence-electron chi connectivity index (χ3n) is 3.71. The highest BCUT2D eigenvalue weighted by atomic mass is 16.1. The fourth-order valence-electron chi connectivity index (χ4n) is 2.59. The standard InChI is InChI=1S/C17H13N5O/c1-10-8-15(23)21-22-16(10)12-2-3-13-14(9-12)20-17(19-13)11-4-6-18-7-5-11/h2-9H,1H3,(H,19,20)(H,21,23). The zero-order valence-corrected chi connectivity index (χ0v) is 12.4. The van der Waals surface area contributed by atoms with Gasteiger partial charge in [0.05, 0.1) is 16.7 Å². The number of aromatic amines is 2. The average Bonchev–Trinajstić information content (AvgIpc) is 2.99. The van der Waals surface area contributed by atoms with E-state index in [1.54, 1.807) is 18.5 Å². The number of hydrogen-bond donors (Lipinski definition) is 2. The van der Waals surface area contributed by atoms with E-state index in [4.69, 9.17) is 0 Å². The number of fused-ring (bicyclic) bond motifs is 1. The van der Waals surface area contributed by atoms with Gasteiger partial charge in [-0.3, -0.25) is 9.78 Å². The lowest BCUT2D eigenvalue weighted by Gasteiger charge is -2.03. The fraction of sp³-hybridized carbons (Fsp3) is 0.0588. The van der Waals surface area contributed by atoms with Crippen LogP contribution in [0.5, 0.6) is 0 Å². The van der Waals surface area contributed by atoms with Crippen molar-refractivity contribution in [3.8, 4) is 22.6 Å². The molecule has 0 aliphatic carbocycles.